The fraction of sp³-hybridized carbons (Fsp3) is 0.136. The Labute approximate surface area is 197 Å². The van der Waals surface area contributed by atoms with Crippen molar-refractivity contribution in [2.45, 2.75) is 22.9 Å². The van der Waals surface area contributed by atoms with Crippen LogP contribution in [0.2, 0.25) is 0 Å². The molecule has 154 valence electrons. The van der Waals surface area contributed by atoms with Gasteiger partial charge in [0.25, 0.3) is 0 Å². The van der Waals surface area contributed by atoms with E-state index in [9.17, 15) is 0 Å². The number of hydrogen-bond acceptors (Lipinski definition) is 4. The second-order valence-corrected chi connectivity index (χ2v) is 7.53. The van der Waals surface area contributed by atoms with E-state index in [1.54, 1.807) is 18.8 Å². The normalized spacial score (nSPS) is 11.2. The predicted octanol–water partition coefficient (Wildman–Crippen LogP) is 4.36. The van der Waals surface area contributed by atoms with Gasteiger partial charge in [-0.05, 0) is 42.0 Å². The number of fused-ring (bicyclic) bond motifs is 1. The summed E-state index contributed by atoms with van der Waals surface area (Å²) in [5.74, 6) is 1.56. The van der Waals surface area contributed by atoms with Crippen LogP contribution in [0.15, 0.2) is 93.8 Å². The SMILES string of the molecule is CN=C(NCc1ccc(Sc2ccccc2)cc1)NCc1nnc2ccccn12.I. The van der Waals surface area contributed by atoms with Gasteiger partial charge < -0.3 is 10.6 Å². The molecular formula is C22H23IN6S. The van der Waals surface area contributed by atoms with E-state index in [1.807, 2.05) is 34.9 Å². The Bertz CT molecular complexity index is 1100. The maximum absolute atomic E-state index is 4.29. The Morgan fingerprint density at radius 2 is 1.57 bits per heavy atom. The zero-order chi connectivity index (χ0) is 19.9. The Hall–Kier alpha value is -2.59. The molecule has 2 N–H and O–H groups in total. The summed E-state index contributed by atoms with van der Waals surface area (Å²) in [5, 5.41) is 15.0. The first-order valence-electron chi connectivity index (χ1n) is 9.37. The number of benzene rings is 2. The van der Waals surface area contributed by atoms with Crippen LogP contribution in [0.4, 0.5) is 0 Å². The third-order valence-corrected chi connectivity index (χ3v) is 5.40. The van der Waals surface area contributed by atoms with Gasteiger partial charge in [0, 0.05) is 29.6 Å². The van der Waals surface area contributed by atoms with Crippen molar-refractivity contribution in [1.29, 1.82) is 0 Å². The molecule has 6 nitrogen and oxygen atoms in total. The number of nitrogens with zero attached hydrogens (tertiary/aromatic N) is 4. The Balaban J connectivity index is 0.00000256. The van der Waals surface area contributed by atoms with Crippen molar-refractivity contribution in [1.82, 2.24) is 25.2 Å². The van der Waals surface area contributed by atoms with Gasteiger partial charge in [0.1, 0.15) is 0 Å². The average Bonchev–Trinajstić information content (AvgIpc) is 3.19. The van der Waals surface area contributed by atoms with Crippen LogP contribution in [0.3, 0.4) is 0 Å². The lowest BCUT2D eigenvalue weighted by Gasteiger charge is -2.11. The van der Waals surface area contributed by atoms with Crippen molar-refractivity contribution < 1.29 is 0 Å². The van der Waals surface area contributed by atoms with Crippen LogP contribution in [-0.2, 0) is 13.1 Å². The molecular weight excluding hydrogens is 507 g/mol. The van der Waals surface area contributed by atoms with Gasteiger partial charge in [0.2, 0.25) is 0 Å². The third-order valence-electron chi connectivity index (χ3n) is 4.38. The van der Waals surface area contributed by atoms with Gasteiger partial charge in [0.15, 0.2) is 17.4 Å². The molecule has 0 atom stereocenters. The van der Waals surface area contributed by atoms with Gasteiger partial charge in [0.05, 0.1) is 6.54 Å². The molecule has 0 spiro atoms. The van der Waals surface area contributed by atoms with Gasteiger partial charge in [-0.2, -0.15) is 0 Å². The number of halogens is 1. The molecule has 30 heavy (non-hydrogen) atoms. The van der Waals surface area contributed by atoms with E-state index in [0.717, 1.165) is 17.4 Å². The second-order valence-electron chi connectivity index (χ2n) is 6.38. The molecule has 0 aliphatic heterocycles. The Kier molecular flexibility index (Phi) is 8.09. The number of nitrogens with one attached hydrogen (secondary N) is 2. The average molecular weight is 530 g/mol. The van der Waals surface area contributed by atoms with Crippen LogP contribution in [0.25, 0.3) is 5.65 Å². The standard InChI is InChI=1S/C22H22N6S.HI/c1-23-22(25-16-21-27-26-20-9-5-6-14-28(20)21)24-15-17-10-12-19(13-11-17)29-18-7-3-2-4-8-18;/h2-14H,15-16H2,1H3,(H2,23,24,25);1H. The number of aromatic nitrogens is 3. The quantitative estimate of drug-likeness (QED) is 0.220. The van der Waals surface area contributed by atoms with Crippen LogP contribution in [0.1, 0.15) is 11.4 Å². The lowest BCUT2D eigenvalue weighted by molar-refractivity contribution is 0.762. The molecule has 8 heteroatoms. The summed E-state index contributed by atoms with van der Waals surface area (Å²) in [7, 11) is 1.76. The molecule has 0 radical (unpaired) electrons. The number of guanidine groups is 1. The molecule has 0 saturated heterocycles. The number of pyridine rings is 1. The van der Waals surface area contributed by atoms with E-state index in [0.29, 0.717) is 13.1 Å². The highest BCUT2D eigenvalue weighted by molar-refractivity contribution is 14.0. The molecule has 0 bridgehead atoms. The minimum atomic E-state index is 0. The van der Waals surface area contributed by atoms with Crippen LogP contribution < -0.4 is 10.6 Å². The zero-order valence-electron chi connectivity index (χ0n) is 16.5. The van der Waals surface area contributed by atoms with Crippen molar-refractivity contribution in [3.63, 3.8) is 0 Å². The molecule has 4 aromatic rings. The molecule has 0 amide bonds. The fourth-order valence-corrected chi connectivity index (χ4v) is 3.72. The molecule has 0 aliphatic carbocycles. The summed E-state index contributed by atoms with van der Waals surface area (Å²) < 4.78 is 1.96. The summed E-state index contributed by atoms with van der Waals surface area (Å²) in [6, 6.07) is 24.8. The van der Waals surface area contributed by atoms with Crippen molar-refractivity contribution in [2.24, 2.45) is 4.99 Å². The highest BCUT2D eigenvalue weighted by Gasteiger charge is 2.06. The van der Waals surface area contributed by atoms with Crippen LogP contribution in [-0.4, -0.2) is 27.6 Å². The molecule has 2 heterocycles. The molecule has 0 aliphatic rings. The van der Waals surface area contributed by atoms with Crippen molar-refractivity contribution in [3.05, 3.63) is 90.4 Å². The van der Waals surface area contributed by atoms with Crippen LogP contribution in [0.5, 0.6) is 0 Å². The fourth-order valence-electron chi connectivity index (χ4n) is 2.88. The maximum Gasteiger partial charge on any atom is 0.191 e. The summed E-state index contributed by atoms with van der Waals surface area (Å²) >= 11 is 1.76. The van der Waals surface area contributed by atoms with Crippen molar-refractivity contribution in [2.75, 3.05) is 7.05 Å². The van der Waals surface area contributed by atoms with Gasteiger partial charge in [-0.3, -0.25) is 9.39 Å². The van der Waals surface area contributed by atoms with Gasteiger partial charge in [-0.15, -0.1) is 34.2 Å². The van der Waals surface area contributed by atoms with E-state index >= 15 is 0 Å². The summed E-state index contributed by atoms with van der Waals surface area (Å²) in [6.45, 7) is 1.23. The first-order chi connectivity index (χ1) is 14.3. The largest absolute Gasteiger partial charge is 0.352 e. The lowest BCUT2D eigenvalue weighted by Crippen LogP contribution is -2.36. The Morgan fingerprint density at radius 1 is 0.867 bits per heavy atom. The first-order valence-corrected chi connectivity index (χ1v) is 10.2. The van der Waals surface area contributed by atoms with E-state index in [1.165, 1.54) is 15.4 Å². The minimum absolute atomic E-state index is 0. The molecule has 4 rings (SSSR count). The summed E-state index contributed by atoms with van der Waals surface area (Å²) in [5.41, 5.74) is 2.03. The number of hydrogen-bond donors (Lipinski definition) is 2. The van der Waals surface area contributed by atoms with E-state index < -0.39 is 0 Å². The maximum atomic E-state index is 4.29. The second kappa shape index (κ2) is 11.0. The molecule has 2 aromatic carbocycles. The first kappa shape index (κ1) is 22.1. The molecule has 0 fully saturated rings. The highest BCUT2D eigenvalue weighted by Crippen LogP contribution is 2.27. The third kappa shape index (κ3) is 5.73. The summed E-state index contributed by atoms with van der Waals surface area (Å²) in [6.07, 6.45) is 1.96. The van der Waals surface area contributed by atoms with Gasteiger partial charge >= 0.3 is 0 Å². The van der Waals surface area contributed by atoms with E-state index in [2.05, 4.69) is 74.4 Å². The number of rotatable bonds is 6. The van der Waals surface area contributed by atoms with Crippen LogP contribution >= 0.6 is 35.7 Å². The van der Waals surface area contributed by atoms with E-state index in [4.69, 9.17) is 0 Å². The molecule has 0 saturated carbocycles. The Morgan fingerprint density at radius 3 is 2.33 bits per heavy atom. The van der Waals surface area contributed by atoms with Crippen LogP contribution in [0, 0.1) is 0 Å². The predicted molar refractivity (Wildman–Crippen MR) is 132 cm³/mol. The molecule has 0 unspecified atom stereocenters. The van der Waals surface area contributed by atoms with Gasteiger partial charge in [-0.25, -0.2) is 0 Å². The summed E-state index contributed by atoms with van der Waals surface area (Å²) in [4.78, 5) is 6.75. The highest BCUT2D eigenvalue weighted by atomic mass is 127. The monoisotopic (exact) mass is 530 g/mol. The van der Waals surface area contributed by atoms with E-state index in [-0.39, 0.29) is 24.0 Å². The number of aliphatic imine (C=N–C) groups is 1. The smallest absolute Gasteiger partial charge is 0.191 e. The lowest BCUT2D eigenvalue weighted by atomic mass is 10.2. The van der Waals surface area contributed by atoms with Crippen molar-refractivity contribution >= 4 is 47.3 Å². The zero-order valence-corrected chi connectivity index (χ0v) is 19.7. The molecule has 2 aromatic heterocycles. The topological polar surface area (TPSA) is 66.6 Å². The van der Waals surface area contributed by atoms with Crippen molar-refractivity contribution in [3.8, 4) is 0 Å². The minimum Gasteiger partial charge on any atom is -0.352 e. The van der Waals surface area contributed by atoms with Gasteiger partial charge in [-0.1, -0.05) is 48.2 Å².